The Bertz CT molecular complexity index is 355. The van der Waals surface area contributed by atoms with Gasteiger partial charge in [-0.25, -0.2) is 4.98 Å². The van der Waals surface area contributed by atoms with Crippen molar-refractivity contribution < 1.29 is 0 Å². The van der Waals surface area contributed by atoms with Gasteiger partial charge in [-0.2, -0.15) is 0 Å². The van der Waals surface area contributed by atoms with Gasteiger partial charge in [0.2, 0.25) is 0 Å². The molecule has 84 valence electrons. The Morgan fingerprint density at radius 3 is 3.00 bits per heavy atom. The quantitative estimate of drug-likeness (QED) is 0.839. The number of hydrogen-bond acceptors (Lipinski definition) is 3. The van der Waals surface area contributed by atoms with Gasteiger partial charge in [-0.05, 0) is 38.5 Å². The highest BCUT2D eigenvalue weighted by atomic mass is 32.1. The molecule has 2 rings (SSSR count). The maximum absolute atomic E-state index is 6.23. The summed E-state index contributed by atoms with van der Waals surface area (Å²) in [5.74, 6) is 0.816. The number of hydrogen-bond donors (Lipinski definition) is 1. The lowest BCUT2D eigenvalue weighted by molar-refractivity contribution is 0.468. The van der Waals surface area contributed by atoms with Crippen LogP contribution < -0.4 is 5.73 Å². The average molecular weight is 224 g/mol. The molecule has 0 aliphatic heterocycles. The molecule has 0 aromatic carbocycles. The Balaban J connectivity index is 2.30. The molecule has 0 saturated carbocycles. The Morgan fingerprint density at radius 1 is 1.60 bits per heavy atom. The number of thiazole rings is 1. The van der Waals surface area contributed by atoms with Crippen LogP contribution in [0, 0.1) is 5.92 Å². The third-order valence-corrected chi connectivity index (χ3v) is 4.81. The van der Waals surface area contributed by atoms with E-state index in [9.17, 15) is 0 Å². The van der Waals surface area contributed by atoms with Crippen molar-refractivity contribution in [3.63, 3.8) is 0 Å². The highest BCUT2D eigenvalue weighted by Crippen LogP contribution is 2.34. The summed E-state index contributed by atoms with van der Waals surface area (Å²) < 4.78 is 0. The monoisotopic (exact) mass is 224 g/mol. The van der Waals surface area contributed by atoms with Crippen molar-refractivity contribution in [2.45, 2.75) is 52.0 Å². The standard InChI is InChI=1S/C12H20N2S/c1-4-12(3,13)11-14-9-6-5-8(2)7-10(9)15-11/h8H,4-7,13H2,1-3H3. The zero-order valence-electron chi connectivity index (χ0n) is 9.84. The molecule has 3 heteroatoms. The van der Waals surface area contributed by atoms with Gasteiger partial charge in [0.25, 0.3) is 0 Å². The van der Waals surface area contributed by atoms with Crippen molar-refractivity contribution in [3.8, 4) is 0 Å². The van der Waals surface area contributed by atoms with E-state index in [1.165, 1.54) is 23.4 Å². The van der Waals surface area contributed by atoms with Crippen LogP contribution in [-0.2, 0) is 18.4 Å². The molecule has 0 radical (unpaired) electrons. The van der Waals surface area contributed by atoms with Crippen LogP contribution >= 0.6 is 11.3 Å². The van der Waals surface area contributed by atoms with E-state index < -0.39 is 0 Å². The Hall–Kier alpha value is -0.410. The summed E-state index contributed by atoms with van der Waals surface area (Å²) in [6.07, 6.45) is 4.58. The van der Waals surface area contributed by atoms with E-state index in [4.69, 9.17) is 10.7 Å². The summed E-state index contributed by atoms with van der Waals surface area (Å²) in [7, 11) is 0. The second kappa shape index (κ2) is 3.87. The molecule has 1 aliphatic carbocycles. The lowest BCUT2D eigenvalue weighted by Crippen LogP contribution is -2.31. The molecule has 2 nitrogen and oxygen atoms in total. The minimum Gasteiger partial charge on any atom is -0.320 e. The van der Waals surface area contributed by atoms with Gasteiger partial charge in [-0.15, -0.1) is 11.3 Å². The van der Waals surface area contributed by atoms with Crippen molar-refractivity contribution in [1.29, 1.82) is 0 Å². The highest BCUT2D eigenvalue weighted by Gasteiger charge is 2.27. The van der Waals surface area contributed by atoms with Gasteiger partial charge in [0, 0.05) is 4.88 Å². The van der Waals surface area contributed by atoms with E-state index in [2.05, 4.69) is 20.8 Å². The molecular formula is C12H20N2S. The number of rotatable bonds is 2. The first-order chi connectivity index (χ1) is 7.03. The average Bonchev–Trinajstić information content (AvgIpc) is 2.61. The van der Waals surface area contributed by atoms with Gasteiger partial charge in [0.15, 0.2) is 0 Å². The maximum Gasteiger partial charge on any atom is 0.113 e. The topological polar surface area (TPSA) is 38.9 Å². The van der Waals surface area contributed by atoms with Crippen molar-refractivity contribution in [1.82, 2.24) is 4.98 Å². The molecule has 0 amide bonds. The van der Waals surface area contributed by atoms with E-state index in [0.29, 0.717) is 0 Å². The number of nitrogens with zero attached hydrogens (tertiary/aromatic N) is 1. The number of aryl methyl sites for hydroxylation is 1. The largest absolute Gasteiger partial charge is 0.320 e. The van der Waals surface area contributed by atoms with E-state index >= 15 is 0 Å². The predicted molar refractivity (Wildman–Crippen MR) is 65.1 cm³/mol. The van der Waals surface area contributed by atoms with Crippen molar-refractivity contribution in [3.05, 3.63) is 15.6 Å². The van der Waals surface area contributed by atoms with Gasteiger partial charge in [0.1, 0.15) is 5.01 Å². The first-order valence-corrected chi connectivity index (χ1v) is 6.62. The third kappa shape index (κ3) is 2.08. The maximum atomic E-state index is 6.23. The number of aromatic nitrogens is 1. The molecule has 15 heavy (non-hydrogen) atoms. The van der Waals surface area contributed by atoms with Gasteiger partial charge in [-0.3, -0.25) is 0 Å². The summed E-state index contributed by atoms with van der Waals surface area (Å²) in [5, 5.41) is 1.13. The Morgan fingerprint density at radius 2 is 2.33 bits per heavy atom. The van der Waals surface area contributed by atoms with Crippen LogP contribution in [0.25, 0.3) is 0 Å². The van der Waals surface area contributed by atoms with Crippen LogP contribution in [0.3, 0.4) is 0 Å². The molecule has 1 aliphatic rings. The lowest BCUT2D eigenvalue weighted by Gasteiger charge is -2.18. The van der Waals surface area contributed by atoms with E-state index in [0.717, 1.165) is 23.8 Å². The van der Waals surface area contributed by atoms with Crippen LogP contribution in [-0.4, -0.2) is 4.98 Å². The second-order valence-corrected chi connectivity index (χ2v) is 6.09. The van der Waals surface area contributed by atoms with Crippen LogP contribution in [0.1, 0.15) is 49.2 Å². The van der Waals surface area contributed by atoms with E-state index in [-0.39, 0.29) is 5.54 Å². The van der Waals surface area contributed by atoms with Crippen LogP contribution in [0.5, 0.6) is 0 Å². The smallest absolute Gasteiger partial charge is 0.113 e. The fourth-order valence-electron chi connectivity index (χ4n) is 1.94. The van der Waals surface area contributed by atoms with Gasteiger partial charge < -0.3 is 5.73 Å². The molecule has 1 aromatic rings. The molecule has 2 N–H and O–H groups in total. The zero-order chi connectivity index (χ0) is 11.1. The highest BCUT2D eigenvalue weighted by molar-refractivity contribution is 7.11. The van der Waals surface area contributed by atoms with Crippen molar-refractivity contribution in [2.75, 3.05) is 0 Å². The summed E-state index contributed by atoms with van der Waals surface area (Å²) >= 11 is 1.83. The second-order valence-electron chi connectivity index (χ2n) is 5.01. The van der Waals surface area contributed by atoms with Gasteiger partial charge >= 0.3 is 0 Å². The van der Waals surface area contributed by atoms with E-state index in [1.807, 2.05) is 11.3 Å². The molecule has 2 atom stereocenters. The summed E-state index contributed by atoms with van der Waals surface area (Å²) in [5.41, 5.74) is 7.32. The van der Waals surface area contributed by atoms with Crippen LogP contribution in [0.2, 0.25) is 0 Å². The van der Waals surface area contributed by atoms with Crippen LogP contribution in [0.15, 0.2) is 0 Å². The molecule has 0 saturated heterocycles. The number of nitrogens with two attached hydrogens (primary N) is 1. The summed E-state index contributed by atoms with van der Waals surface area (Å²) in [6, 6.07) is 0. The van der Waals surface area contributed by atoms with Gasteiger partial charge in [-0.1, -0.05) is 13.8 Å². The van der Waals surface area contributed by atoms with E-state index in [1.54, 1.807) is 0 Å². The Kier molecular flexibility index (Phi) is 2.86. The first-order valence-electron chi connectivity index (χ1n) is 5.81. The minimum atomic E-state index is -0.231. The van der Waals surface area contributed by atoms with Crippen LogP contribution in [0.4, 0.5) is 0 Å². The predicted octanol–water partition coefficient (Wildman–Crippen LogP) is 2.85. The zero-order valence-corrected chi connectivity index (χ0v) is 10.7. The molecule has 1 heterocycles. The molecule has 2 unspecified atom stereocenters. The minimum absolute atomic E-state index is 0.231. The van der Waals surface area contributed by atoms with Crippen molar-refractivity contribution in [2.24, 2.45) is 11.7 Å². The SMILES string of the molecule is CCC(C)(N)c1nc2c(s1)CC(C)CC2. The first kappa shape index (κ1) is 11.1. The molecule has 0 fully saturated rings. The van der Waals surface area contributed by atoms with Gasteiger partial charge in [0.05, 0.1) is 11.2 Å². The fourth-order valence-corrected chi connectivity index (χ4v) is 3.34. The summed E-state index contributed by atoms with van der Waals surface area (Å²) in [4.78, 5) is 6.20. The number of fused-ring (bicyclic) bond motifs is 1. The fraction of sp³-hybridized carbons (Fsp3) is 0.750. The van der Waals surface area contributed by atoms with Crippen molar-refractivity contribution >= 4 is 11.3 Å². The third-order valence-electron chi connectivity index (χ3n) is 3.41. The Labute approximate surface area is 95.9 Å². The molecule has 1 aromatic heterocycles. The molecule has 0 spiro atoms. The normalized spacial score (nSPS) is 24.7. The molecule has 0 bridgehead atoms. The summed E-state index contributed by atoms with van der Waals surface area (Å²) in [6.45, 7) is 6.54. The molecular weight excluding hydrogens is 204 g/mol. The lowest BCUT2D eigenvalue weighted by atomic mass is 9.93.